The first-order valence-electron chi connectivity index (χ1n) is 17.2. The molecule has 0 saturated carbocycles. The fraction of sp³-hybridized carbons (Fsp3) is 0.450. The third-order valence-electron chi connectivity index (χ3n) is 9.65. The quantitative estimate of drug-likeness (QED) is 0.176. The van der Waals surface area contributed by atoms with Gasteiger partial charge in [-0.3, -0.25) is 10.1 Å². The van der Waals surface area contributed by atoms with E-state index in [1.54, 1.807) is 0 Å². The lowest BCUT2D eigenvalue weighted by Gasteiger charge is -2.41. The van der Waals surface area contributed by atoms with E-state index in [4.69, 9.17) is 29.7 Å². The molecule has 1 fully saturated rings. The largest absolute Gasteiger partial charge is 0.475 e. The van der Waals surface area contributed by atoms with Gasteiger partial charge in [0.25, 0.3) is 0 Å². The second-order valence-electron chi connectivity index (χ2n) is 14.7. The van der Waals surface area contributed by atoms with E-state index in [0.29, 0.717) is 13.0 Å². The number of piperidine rings is 1. The zero-order valence-corrected chi connectivity index (χ0v) is 30.1. The van der Waals surface area contributed by atoms with E-state index in [1.807, 2.05) is 45.9 Å². The summed E-state index contributed by atoms with van der Waals surface area (Å²) in [5.74, 6) is 1.20. The minimum Gasteiger partial charge on any atom is -0.475 e. The van der Waals surface area contributed by atoms with E-state index < -0.39 is 23.9 Å². The molecule has 9 heteroatoms. The molecular weight excluding hydrogens is 616 g/mol. The van der Waals surface area contributed by atoms with Crippen LogP contribution in [0.5, 0.6) is 5.75 Å². The molecule has 7 rings (SSSR count). The summed E-state index contributed by atoms with van der Waals surface area (Å²) < 4.78 is 26.7. The Bertz CT molecular complexity index is 1880. The predicted molar refractivity (Wildman–Crippen MR) is 194 cm³/mol. The Kier molecular flexibility index (Phi) is 9.63. The maximum absolute atomic E-state index is 13.4. The number of aryl methyl sites for hydroxylation is 3. The Morgan fingerprint density at radius 1 is 1.02 bits per heavy atom. The standard InChI is InChI=1S/C40H50N4O5/c1-25-20-30-28-12-11-13-29(23-28)31-24-44-34(42-31)22-27(3)35(36(38(45)46-8)49-39(4,5)6)37(44)43-17-15-40(7,16-18-43)47-19-10-9-14-33(41)48-32(30)21-26(25)2/h9-13,20-24,33,36H,14-19,41H2,1-8H3. The van der Waals surface area contributed by atoms with Gasteiger partial charge in [-0.2, -0.15) is 0 Å². The van der Waals surface area contributed by atoms with Crippen molar-refractivity contribution in [3.05, 3.63) is 83.1 Å². The average molecular weight is 667 g/mol. The Morgan fingerprint density at radius 3 is 2.45 bits per heavy atom. The molecule has 3 aliphatic rings. The summed E-state index contributed by atoms with van der Waals surface area (Å²) in [6.45, 7) is 16.2. The zero-order chi connectivity index (χ0) is 35.1. The van der Waals surface area contributed by atoms with Crippen LogP contribution in [0.3, 0.4) is 0 Å². The first-order chi connectivity index (χ1) is 23.2. The van der Waals surface area contributed by atoms with Crippen molar-refractivity contribution in [2.45, 2.75) is 91.3 Å². The molecular formula is C40H50N4O5. The van der Waals surface area contributed by atoms with E-state index in [-0.39, 0.29) is 5.60 Å². The van der Waals surface area contributed by atoms with Crippen LogP contribution in [0.15, 0.2) is 60.8 Å². The molecule has 2 aromatic heterocycles. The van der Waals surface area contributed by atoms with E-state index >= 15 is 0 Å². The predicted octanol–water partition coefficient (Wildman–Crippen LogP) is 7.62. The lowest BCUT2D eigenvalue weighted by atomic mass is 9.92. The Balaban J connectivity index is 1.56. The fourth-order valence-corrected chi connectivity index (χ4v) is 6.77. The molecule has 0 radical (unpaired) electrons. The number of pyridine rings is 1. The number of hydrogen-bond donors (Lipinski definition) is 1. The van der Waals surface area contributed by atoms with Crippen molar-refractivity contribution in [3.8, 4) is 28.1 Å². The Morgan fingerprint density at radius 2 is 1.73 bits per heavy atom. The fourth-order valence-electron chi connectivity index (χ4n) is 6.77. The summed E-state index contributed by atoms with van der Waals surface area (Å²) in [5, 5.41) is 0. The minimum absolute atomic E-state index is 0.304. The SMILES string of the molecule is COC(=O)C(OC(C)(C)C)c1c(C)cc2nc3cn2c1N1CCC(C)(CC1)OCC=CCC(N)Oc1cc(C)c(C)cc1-c1cccc-3c1. The summed E-state index contributed by atoms with van der Waals surface area (Å²) >= 11 is 0. The van der Waals surface area contributed by atoms with Crippen molar-refractivity contribution < 1.29 is 23.7 Å². The molecule has 2 unspecified atom stereocenters. The maximum Gasteiger partial charge on any atom is 0.339 e. The third kappa shape index (κ3) is 7.39. The van der Waals surface area contributed by atoms with Crippen molar-refractivity contribution >= 4 is 17.4 Å². The van der Waals surface area contributed by atoms with Crippen LogP contribution in [0, 0.1) is 20.8 Å². The van der Waals surface area contributed by atoms with Crippen LogP contribution in [-0.4, -0.2) is 59.6 Å². The summed E-state index contributed by atoms with van der Waals surface area (Å²) in [5.41, 5.74) is 14.2. The third-order valence-corrected chi connectivity index (χ3v) is 9.65. The van der Waals surface area contributed by atoms with Gasteiger partial charge in [0.05, 0.1) is 30.6 Å². The molecule has 0 aliphatic carbocycles. The number of carbonyl (C=O) groups is 1. The van der Waals surface area contributed by atoms with Gasteiger partial charge in [0.1, 0.15) is 17.2 Å². The number of methoxy groups -OCH3 is 1. The number of hydrogen-bond acceptors (Lipinski definition) is 8. The van der Waals surface area contributed by atoms with E-state index in [0.717, 1.165) is 82.2 Å². The molecule has 49 heavy (non-hydrogen) atoms. The maximum atomic E-state index is 13.4. The summed E-state index contributed by atoms with van der Waals surface area (Å²) in [6.07, 6.45) is 6.88. The first kappa shape index (κ1) is 34.7. The van der Waals surface area contributed by atoms with Gasteiger partial charge in [0.2, 0.25) is 0 Å². The number of fused-ring (bicyclic) bond motifs is 7. The van der Waals surface area contributed by atoms with Crippen molar-refractivity contribution in [3.63, 3.8) is 0 Å². The second kappa shape index (κ2) is 13.6. The topological polar surface area (TPSA) is 101 Å². The van der Waals surface area contributed by atoms with Crippen molar-refractivity contribution in [1.29, 1.82) is 0 Å². The van der Waals surface area contributed by atoms with Gasteiger partial charge in [0, 0.05) is 42.4 Å². The smallest absolute Gasteiger partial charge is 0.339 e. The van der Waals surface area contributed by atoms with Crippen molar-refractivity contribution in [1.82, 2.24) is 9.38 Å². The highest BCUT2D eigenvalue weighted by molar-refractivity contribution is 5.82. The number of rotatable bonds is 3. The number of nitrogens with zero attached hydrogens (tertiary/aromatic N) is 3. The van der Waals surface area contributed by atoms with E-state index in [1.165, 1.54) is 12.7 Å². The number of nitrogens with two attached hydrogens (primary N) is 1. The number of anilines is 1. The highest BCUT2D eigenvalue weighted by atomic mass is 16.6. The van der Waals surface area contributed by atoms with Gasteiger partial charge < -0.3 is 23.8 Å². The number of carbonyl (C=O) groups excluding carboxylic acids is 1. The highest BCUT2D eigenvalue weighted by Crippen LogP contribution is 2.41. The lowest BCUT2D eigenvalue weighted by molar-refractivity contribution is -0.164. The summed E-state index contributed by atoms with van der Waals surface area (Å²) in [6, 6.07) is 14.6. The molecule has 3 aliphatic heterocycles. The molecule has 6 bridgehead atoms. The molecule has 0 spiro atoms. The zero-order valence-electron chi connectivity index (χ0n) is 30.1. The molecule has 9 nitrogen and oxygen atoms in total. The van der Waals surface area contributed by atoms with Gasteiger partial charge in [-0.25, -0.2) is 9.78 Å². The first-order valence-corrected chi connectivity index (χ1v) is 17.2. The van der Waals surface area contributed by atoms with Crippen LogP contribution in [0.25, 0.3) is 28.0 Å². The van der Waals surface area contributed by atoms with Gasteiger partial charge in [-0.1, -0.05) is 30.4 Å². The molecule has 2 aromatic carbocycles. The molecule has 260 valence electrons. The summed E-state index contributed by atoms with van der Waals surface area (Å²) in [4.78, 5) is 20.9. The van der Waals surface area contributed by atoms with Crippen LogP contribution in [0.1, 0.15) is 75.3 Å². The van der Waals surface area contributed by atoms with Crippen LogP contribution in [0.4, 0.5) is 5.82 Å². The molecule has 4 aromatic rings. The second-order valence-corrected chi connectivity index (χ2v) is 14.7. The molecule has 2 atom stereocenters. The highest BCUT2D eigenvalue weighted by Gasteiger charge is 2.37. The van der Waals surface area contributed by atoms with Crippen LogP contribution < -0.4 is 15.4 Å². The Hall–Kier alpha value is -4.18. The average Bonchev–Trinajstić information content (AvgIpc) is 3.47. The molecule has 1 saturated heterocycles. The van der Waals surface area contributed by atoms with E-state index in [2.05, 4.69) is 72.7 Å². The Labute approximate surface area is 290 Å². The molecule has 0 amide bonds. The van der Waals surface area contributed by atoms with Gasteiger partial charge in [0.15, 0.2) is 12.3 Å². The normalized spacial score (nSPS) is 20.6. The molecule has 5 heterocycles. The number of benzene rings is 2. The van der Waals surface area contributed by atoms with Crippen LogP contribution in [-0.2, 0) is 19.0 Å². The van der Waals surface area contributed by atoms with E-state index in [9.17, 15) is 4.79 Å². The van der Waals surface area contributed by atoms with Crippen molar-refractivity contribution in [2.75, 3.05) is 31.7 Å². The number of imidazole rings is 1. The van der Waals surface area contributed by atoms with Crippen LogP contribution >= 0.6 is 0 Å². The van der Waals surface area contributed by atoms with Gasteiger partial charge in [-0.15, -0.1) is 0 Å². The lowest BCUT2D eigenvalue weighted by Crippen LogP contribution is -2.45. The number of esters is 1. The minimum atomic E-state index is -0.923. The van der Waals surface area contributed by atoms with Crippen molar-refractivity contribution in [2.24, 2.45) is 5.73 Å². The molecule has 2 N–H and O–H groups in total. The van der Waals surface area contributed by atoms with Crippen LogP contribution in [0.2, 0.25) is 0 Å². The number of aromatic nitrogens is 2. The van der Waals surface area contributed by atoms with Gasteiger partial charge >= 0.3 is 5.97 Å². The van der Waals surface area contributed by atoms with Gasteiger partial charge in [-0.05, 0) is 108 Å². The number of ether oxygens (including phenoxy) is 4. The monoisotopic (exact) mass is 666 g/mol. The summed E-state index contributed by atoms with van der Waals surface area (Å²) in [7, 11) is 1.41.